The summed E-state index contributed by atoms with van der Waals surface area (Å²) in [7, 11) is 4.15. The van der Waals surface area contributed by atoms with E-state index < -0.39 is 0 Å². The van der Waals surface area contributed by atoms with Crippen LogP contribution in [-0.4, -0.2) is 41.5 Å². The van der Waals surface area contributed by atoms with Crippen molar-refractivity contribution in [2.24, 2.45) is 0 Å². The summed E-state index contributed by atoms with van der Waals surface area (Å²) in [6.07, 6.45) is 4.58. The normalized spacial score (nSPS) is 12.9. The number of hydrogen-bond donors (Lipinski definition) is 1. The molecule has 78 valence electrons. The fourth-order valence-electron chi connectivity index (χ4n) is 1.12. The first-order valence-electron chi connectivity index (χ1n) is 4.87. The van der Waals surface area contributed by atoms with Gasteiger partial charge in [0.05, 0.1) is 0 Å². The zero-order valence-corrected chi connectivity index (χ0v) is 9.07. The molecule has 14 heavy (non-hydrogen) atoms. The van der Waals surface area contributed by atoms with Crippen LogP contribution in [0.3, 0.4) is 0 Å². The summed E-state index contributed by atoms with van der Waals surface area (Å²) >= 11 is 0. The maximum Gasteiger partial charge on any atom is 0.222 e. The minimum atomic E-state index is 0.403. The fourth-order valence-corrected chi connectivity index (χ4v) is 1.12. The molecule has 0 aliphatic heterocycles. The van der Waals surface area contributed by atoms with E-state index in [1.54, 1.807) is 12.4 Å². The van der Waals surface area contributed by atoms with Crippen LogP contribution in [0.4, 0.5) is 5.95 Å². The molecule has 4 nitrogen and oxygen atoms in total. The first-order valence-corrected chi connectivity index (χ1v) is 4.87. The molecule has 4 heteroatoms. The van der Waals surface area contributed by atoms with Crippen LogP contribution in [0.1, 0.15) is 13.3 Å². The third-order valence-corrected chi connectivity index (χ3v) is 1.95. The number of rotatable bonds is 5. The standard InChI is InChI=1S/C10H18N4/c1-9(5-8-14(2)3)13-10-11-6-4-7-12-10/h4,6-7,9H,5,8H2,1-3H3,(H,11,12,13). The molecule has 0 aromatic carbocycles. The Morgan fingerprint density at radius 2 is 2.00 bits per heavy atom. The summed E-state index contributed by atoms with van der Waals surface area (Å²) in [6.45, 7) is 3.21. The van der Waals surface area contributed by atoms with Gasteiger partial charge in [0.25, 0.3) is 0 Å². The molecule has 0 aliphatic rings. The van der Waals surface area contributed by atoms with E-state index in [2.05, 4.69) is 41.2 Å². The topological polar surface area (TPSA) is 41.0 Å². The van der Waals surface area contributed by atoms with Gasteiger partial charge in [-0.3, -0.25) is 0 Å². The van der Waals surface area contributed by atoms with Gasteiger partial charge in [0.2, 0.25) is 5.95 Å². The van der Waals surface area contributed by atoms with Crippen molar-refractivity contribution in [1.82, 2.24) is 14.9 Å². The van der Waals surface area contributed by atoms with E-state index in [-0.39, 0.29) is 0 Å². The molecular weight excluding hydrogens is 176 g/mol. The number of nitrogens with zero attached hydrogens (tertiary/aromatic N) is 3. The molecule has 1 aromatic heterocycles. The molecule has 0 spiro atoms. The summed E-state index contributed by atoms with van der Waals surface area (Å²) in [6, 6.07) is 2.22. The third kappa shape index (κ3) is 4.18. The Morgan fingerprint density at radius 3 is 2.57 bits per heavy atom. The van der Waals surface area contributed by atoms with Crippen LogP contribution in [0.15, 0.2) is 18.5 Å². The second kappa shape index (κ2) is 5.54. The number of nitrogens with one attached hydrogen (secondary N) is 1. The minimum Gasteiger partial charge on any atom is -0.352 e. The zero-order chi connectivity index (χ0) is 10.4. The van der Waals surface area contributed by atoms with Crippen LogP contribution in [-0.2, 0) is 0 Å². The van der Waals surface area contributed by atoms with Crippen LogP contribution in [0.2, 0.25) is 0 Å². The van der Waals surface area contributed by atoms with Crippen molar-refractivity contribution in [2.75, 3.05) is 26.0 Å². The molecule has 1 unspecified atom stereocenters. The summed E-state index contributed by atoms with van der Waals surface area (Å²) in [4.78, 5) is 10.4. The van der Waals surface area contributed by atoms with Gasteiger partial charge in [0.1, 0.15) is 0 Å². The highest BCUT2D eigenvalue weighted by molar-refractivity contribution is 5.23. The third-order valence-electron chi connectivity index (χ3n) is 1.95. The molecule has 0 radical (unpaired) electrons. The molecule has 0 amide bonds. The first-order chi connectivity index (χ1) is 6.68. The van der Waals surface area contributed by atoms with Gasteiger partial charge in [-0.25, -0.2) is 9.97 Å². The predicted molar refractivity (Wildman–Crippen MR) is 58.3 cm³/mol. The van der Waals surface area contributed by atoms with E-state index in [9.17, 15) is 0 Å². The Morgan fingerprint density at radius 1 is 1.36 bits per heavy atom. The summed E-state index contributed by atoms with van der Waals surface area (Å²) in [5, 5.41) is 3.25. The van der Waals surface area contributed by atoms with Crippen molar-refractivity contribution in [3.63, 3.8) is 0 Å². The first kappa shape index (κ1) is 10.9. The molecule has 1 atom stereocenters. The van der Waals surface area contributed by atoms with Crippen LogP contribution < -0.4 is 5.32 Å². The highest BCUT2D eigenvalue weighted by atomic mass is 15.1. The quantitative estimate of drug-likeness (QED) is 0.765. The largest absolute Gasteiger partial charge is 0.352 e. The number of hydrogen-bond acceptors (Lipinski definition) is 4. The maximum atomic E-state index is 4.11. The second-order valence-electron chi connectivity index (χ2n) is 3.71. The summed E-state index contributed by atoms with van der Waals surface area (Å²) < 4.78 is 0. The Labute approximate surface area is 85.4 Å². The van der Waals surface area contributed by atoms with Crippen molar-refractivity contribution >= 4 is 5.95 Å². The zero-order valence-electron chi connectivity index (χ0n) is 9.07. The highest BCUT2D eigenvalue weighted by Gasteiger charge is 2.03. The van der Waals surface area contributed by atoms with Crippen molar-refractivity contribution in [3.05, 3.63) is 18.5 Å². The van der Waals surface area contributed by atoms with Gasteiger partial charge >= 0.3 is 0 Å². The van der Waals surface area contributed by atoms with Gasteiger partial charge in [-0.2, -0.15) is 0 Å². The SMILES string of the molecule is CC(CCN(C)C)Nc1ncccn1. The molecular formula is C10H18N4. The molecule has 1 aromatic rings. The molecule has 0 saturated carbocycles. The predicted octanol–water partition coefficient (Wildman–Crippen LogP) is 1.23. The summed E-state index contributed by atoms with van der Waals surface area (Å²) in [5.74, 6) is 0.707. The van der Waals surface area contributed by atoms with Crippen molar-refractivity contribution in [3.8, 4) is 0 Å². The van der Waals surface area contributed by atoms with Crippen LogP contribution in [0.5, 0.6) is 0 Å². The molecule has 0 fully saturated rings. The van der Waals surface area contributed by atoms with Gasteiger partial charge in [-0.05, 0) is 40.1 Å². The van der Waals surface area contributed by atoms with E-state index in [0.717, 1.165) is 13.0 Å². The van der Waals surface area contributed by atoms with Crippen molar-refractivity contribution < 1.29 is 0 Å². The second-order valence-corrected chi connectivity index (χ2v) is 3.71. The molecule has 1 heterocycles. The minimum absolute atomic E-state index is 0.403. The van der Waals surface area contributed by atoms with Crippen molar-refractivity contribution in [1.29, 1.82) is 0 Å². The summed E-state index contributed by atoms with van der Waals surface area (Å²) in [5.41, 5.74) is 0. The monoisotopic (exact) mass is 194 g/mol. The van der Waals surface area contributed by atoms with Gasteiger partial charge in [-0.1, -0.05) is 0 Å². The van der Waals surface area contributed by atoms with E-state index in [0.29, 0.717) is 12.0 Å². The molecule has 0 aliphatic carbocycles. The lowest BCUT2D eigenvalue weighted by Crippen LogP contribution is -2.23. The average molecular weight is 194 g/mol. The lowest BCUT2D eigenvalue weighted by molar-refractivity contribution is 0.390. The van der Waals surface area contributed by atoms with E-state index in [1.165, 1.54) is 0 Å². The average Bonchev–Trinajstić information content (AvgIpc) is 2.16. The Kier molecular flexibility index (Phi) is 4.32. The van der Waals surface area contributed by atoms with E-state index in [1.807, 2.05) is 6.07 Å². The van der Waals surface area contributed by atoms with E-state index >= 15 is 0 Å². The van der Waals surface area contributed by atoms with Gasteiger partial charge in [0, 0.05) is 18.4 Å². The van der Waals surface area contributed by atoms with Crippen LogP contribution in [0.25, 0.3) is 0 Å². The maximum absolute atomic E-state index is 4.11. The fraction of sp³-hybridized carbons (Fsp3) is 0.600. The van der Waals surface area contributed by atoms with Gasteiger partial charge in [-0.15, -0.1) is 0 Å². The molecule has 1 rings (SSSR count). The van der Waals surface area contributed by atoms with Gasteiger partial charge < -0.3 is 10.2 Å². The van der Waals surface area contributed by atoms with Crippen LogP contribution >= 0.6 is 0 Å². The lowest BCUT2D eigenvalue weighted by Gasteiger charge is -2.16. The molecule has 0 bridgehead atoms. The Bertz CT molecular complexity index is 248. The van der Waals surface area contributed by atoms with Gasteiger partial charge in [0.15, 0.2) is 0 Å². The Hall–Kier alpha value is -1.16. The number of anilines is 1. The smallest absolute Gasteiger partial charge is 0.222 e. The van der Waals surface area contributed by atoms with Crippen molar-refractivity contribution in [2.45, 2.75) is 19.4 Å². The van der Waals surface area contributed by atoms with E-state index in [4.69, 9.17) is 0 Å². The number of aromatic nitrogens is 2. The highest BCUT2D eigenvalue weighted by Crippen LogP contribution is 2.01. The Balaban J connectivity index is 2.30. The molecule has 1 N–H and O–H groups in total. The molecule has 0 saturated heterocycles. The lowest BCUT2D eigenvalue weighted by atomic mass is 10.2. The van der Waals surface area contributed by atoms with Crippen LogP contribution in [0, 0.1) is 0 Å².